The highest BCUT2D eigenvalue weighted by atomic mass is 16.5. The van der Waals surface area contributed by atoms with Crippen LogP contribution < -0.4 is 10.1 Å². The molecule has 4 nitrogen and oxygen atoms in total. The van der Waals surface area contributed by atoms with Crippen molar-refractivity contribution in [1.82, 2.24) is 10.2 Å². The Labute approximate surface area is 138 Å². The van der Waals surface area contributed by atoms with Gasteiger partial charge >= 0.3 is 0 Å². The molecule has 0 bridgehead atoms. The Morgan fingerprint density at radius 1 is 1.17 bits per heavy atom. The van der Waals surface area contributed by atoms with Crippen LogP contribution in [0.2, 0.25) is 0 Å². The zero-order valence-corrected chi connectivity index (χ0v) is 13.8. The molecule has 0 spiro atoms. The number of rotatable bonds is 8. The normalized spacial score (nSPS) is 16.6. The van der Waals surface area contributed by atoms with Gasteiger partial charge in [0.2, 0.25) is 0 Å². The Morgan fingerprint density at radius 3 is 2.74 bits per heavy atom. The van der Waals surface area contributed by atoms with Crippen LogP contribution in [0.3, 0.4) is 0 Å². The van der Waals surface area contributed by atoms with Crippen LogP contribution in [0.1, 0.15) is 37.1 Å². The van der Waals surface area contributed by atoms with Gasteiger partial charge in [-0.1, -0.05) is 18.2 Å². The summed E-state index contributed by atoms with van der Waals surface area (Å²) in [6.07, 6.45) is 4.33. The summed E-state index contributed by atoms with van der Waals surface area (Å²) in [7, 11) is 0. The SMILES string of the molecule is CCOc1ccccc1CNC[C@H](c1ccco1)N1CCCC1. The van der Waals surface area contributed by atoms with Crippen LogP contribution in [-0.4, -0.2) is 31.1 Å². The average molecular weight is 314 g/mol. The quantitative estimate of drug-likeness (QED) is 0.808. The molecule has 0 aliphatic carbocycles. The molecular weight excluding hydrogens is 288 g/mol. The van der Waals surface area contributed by atoms with Gasteiger partial charge in [0.05, 0.1) is 18.9 Å². The first-order valence-electron chi connectivity index (χ1n) is 8.57. The highest BCUT2D eigenvalue weighted by Gasteiger charge is 2.25. The lowest BCUT2D eigenvalue weighted by Gasteiger charge is -2.26. The van der Waals surface area contributed by atoms with Crippen LogP contribution in [-0.2, 0) is 6.54 Å². The number of hydrogen-bond acceptors (Lipinski definition) is 4. The predicted octanol–water partition coefficient (Wildman–Crippen LogP) is 3.61. The summed E-state index contributed by atoms with van der Waals surface area (Å²) >= 11 is 0. The van der Waals surface area contributed by atoms with Crippen molar-refractivity contribution in [3.8, 4) is 5.75 Å². The lowest BCUT2D eigenvalue weighted by Crippen LogP contribution is -2.33. The first-order chi connectivity index (χ1) is 11.4. The zero-order valence-electron chi connectivity index (χ0n) is 13.8. The Hall–Kier alpha value is -1.78. The van der Waals surface area contributed by atoms with Crippen LogP contribution in [0.5, 0.6) is 5.75 Å². The van der Waals surface area contributed by atoms with Crippen molar-refractivity contribution in [3.05, 3.63) is 54.0 Å². The van der Waals surface area contributed by atoms with Gasteiger partial charge in [0.25, 0.3) is 0 Å². The second kappa shape index (κ2) is 8.18. The third-order valence-corrected chi connectivity index (χ3v) is 4.38. The lowest BCUT2D eigenvalue weighted by molar-refractivity contribution is 0.209. The van der Waals surface area contributed by atoms with Gasteiger partial charge in [0, 0.05) is 18.7 Å². The molecule has 0 unspecified atom stereocenters. The van der Waals surface area contributed by atoms with Crippen molar-refractivity contribution >= 4 is 0 Å². The predicted molar refractivity (Wildman–Crippen MR) is 91.6 cm³/mol. The fraction of sp³-hybridized carbons (Fsp3) is 0.474. The first-order valence-corrected chi connectivity index (χ1v) is 8.57. The van der Waals surface area contributed by atoms with E-state index in [2.05, 4.69) is 28.4 Å². The third kappa shape index (κ3) is 4.15. The van der Waals surface area contributed by atoms with E-state index in [-0.39, 0.29) is 0 Å². The summed E-state index contributed by atoms with van der Waals surface area (Å²) < 4.78 is 11.4. The third-order valence-electron chi connectivity index (χ3n) is 4.38. The Bertz CT molecular complexity index is 577. The van der Waals surface area contributed by atoms with Gasteiger partial charge in [0.15, 0.2) is 0 Å². The summed E-state index contributed by atoms with van der Waals surface area (Å²) in [6, 6.07) is 12.6. The van der Waals surface area contributed by atoms with Gasteiger partial charge in [-0.25, -0.2) is 0 Å². The molecule has 1 aromatic carbocycles. The highest BCUT2D eigenvalue weighted by Crippen LogP contribution is 2.25. The summed E-state index contributed by atoms with van der Waals surface area (Å²) in [5.74, 6) is 2.02. The molecule has 1 aliphatic heterocycles. The van der Waals surface area contributed by atoms with E-state index in [1.807, 2.05) is 25.1 Å². The van der Waals surface area contributed by atoms with Crippen LogP contribution in [0.4, 0.5) is 0 Å². The summed E-state index contributed by atoms with van der Waals surface area (Å²) in [5, 5.41) is 3.58. The highest BCUT2D eigenvalue weighted by molar-refractivity contribution is 5.33. The summed E-state index contributed by atoms with van der Waals surface area (Å²) in [6.45, 7) is 6.71. The van der Waals surface area contributed by atoms with E-state index in [1.54, 1.807) is 6.26 Å². The molecule has 1 N–H and O–H groups in total. The molecule has 0 radical (unpaired) electrons. The van der Waals surface area contributed by atoms with Crippen molar-refractivity contribution in [2.45, 2.75) is 32.4 Å². The molecule has 124 valence electrons. The maximum absolute atomic E-state index is 5.70. The van der Waals surface area contributed by atoms with Gasteiger partial charge in [-0.05, 0) is 51.1 Å². The van der Waals surface area contributed by atoms with Crippen molar-refractivity contribution < 1.29 is 9.15 Å². The Balaban J connectivity index is 1.61. The number of nitrogens with zero attached hydrogens (tertiary/aromatic N) is 1. The molecule has 1 fully saturated rings. The van der Waals surface area contributed by atoms with Crippen LogP contribution in [0, 0.1) is 0 Å². The zero-order chi connectivity index (χ0) is 15.9. The van der Waals surface area contributed by atoms with E-state index < -0.39 is 0 Å². The van der Waals surface area contributed by atoms with Crippen LogP contribution >= 0.6 is 0 Å². The van der Waals surface area contributed by atoms with Gasteiger partial charge in [-0.3, -0.25) is 4.90 Å². The largest absolute Gasteiger partial charge is 0.494 e. The minimum absolute atomic E-state index is 0.312. The molecule has 1 saturated heterocycles. The molecule has 0 amide bonds. The topological polar surface area (TPSA) is 37.6 Å². The number of likely N-dealkylation sites (tertiary alicyclic amines) is 1. The van der Waals surface area contributed by atoms with Gasteiger partial charge < -0.3 is 14.5 Å². The molecule has 23 heavy (non-hydrogen) atoms. The van der Waals surface area contributed by atoms with Crippen LogP contribution in [0.15, 0.2) is 47.1 Å². The standard InChI is InChI=1S/C19H26N2O2/c1-2-22-18-9-4-3-8-16(18)14-20-15-17(19-10-7-13-23-19)21-11-5-6-12-21/h3-4,7-10,13,17,20H,2,5-6,11-12,14-15H2,1H3/t17-/m1/s1. The smallest absolute Gasteiger partial charge is 0.123 e. The number of ether oxygens (including phenoxy) is 1. The van der Waals surface area contributed by atoms with Crippen molar-refractivity contribution in [1.29, 1.82) is 0 Å². The van der Waals surface area contributed by atoms with Gasteiger partial charge in [0.1, 0.15) is 11.5 Å². The summed E-state index contributed by atoms with van der Waals surface area (Å²) in [5.41, 5.74) is 1.20. The number of benzene rings is 1. The second-order valence-corrected chi connectivity index (χ2v) is 5.95. The maximum atomic E-state index is 5.70. The van der Waals surface area contributed by atoms with Crippen molar-refractivity contribution in [3.63, 3.8) is 0 Å². The van der Waals surface area contributed by atoms with E-state index in [1.165, 1.54) is 18.4 Å². The molecule has 1 aliphatic rings. The maximum Gasteiger partial charge on any atom is 0.123 e. The first kappa shape index (κ1) is 16.1. The molecule has 0 saturated carbocycles. The fourth-order valence-corrected chi connectivity index (χ4v) is 3.23. The molecular formula is C19H26N2O2. The van der Waals surface area contributed by atoms with Crippen molar-refractivity contribution in [2.24, 2.45) is 0 Å². The Kier molecular flexibility index (Phi) is 5.72. The fourth-order valence-electron chi connectivity index (χ4n) is 3.23. The van der Waals surface area contributed by atoms with Gasteiger partial charge in [-0.2, -0.15) is 0 Å². The van der Waals surface area contributed by atoms with Crippen molar-refractivity contribution in [2.75, 3.05) is 26.2 Å². The molecule has 1 aromatic heterocycles. The van der Waals surface area contributed by atoms with E-state index in [9.17, 15) is 0 Å². The number of nitrogens with one attached hydrogen (secondary N) is 1. The lowest BCUT2D eigenvalue weighted by atomic mass is 10.1. The monoisotopic (exact) mass is 314 g/mol. The second-order valence-electron chi connectivity index (χ2n) is 5.95. The minimum Gasteiger partial charge on any atom is -0.494 e. The van der Waals surface area contributed by atoms with E-state index >= 15 is 0 Å². The van der Waals surface area contributed by atoms with Crippen LogP contribution in [0.25, 0.3) is 0 Å². The minimum atomic E-state index is 0.312. The molecule has 4 heteroatoms. The number of hydrogen-bond donors (Lipinski definition) is 1. The van der Waals surface area contributed by atoms with E-state index in [4.69, 9.17) is 9.15 Å². The van der Waals surface area contributed by atoms with Gasteiger partial charge in [-0.15, -0.1) is 0 Å². The molecule has 1 atom stereocenters. The summed E-state index contributed by atoms with van der Waals surface area (Å²) in [4.78, 5) is 2.51. The average Bonchev–Trinajstić information content (AvgIpc) is 3.27. The Morgan fingerprint density at radius 2 is 2.00 bits per heavy atom. The van der Waals surface area contributed by atoms with E-state index in [0.717, 1.165) is 37.7 Å². The number of para-hydroxylation sites is 1. The molecule has 2 aromatic rings. The molecule has 2 heterocycles. The number of furan rings is 1. The molecule has 3 rings (SSSR count). The van der Waals surface area contributed by atoms with E-state index in [0.29, 0.717) is 12.6 Å².